The molecule has 0 aliphatic rings. The van der Waals surface area contributed by atoms with Crippen LogP contribution in [0.1, 0.15) is 60.1 Å². The molecule has 0 aliphatic heterocycles. The SMILES string of the molecule is COc1ccccc1-c1ccc(C(C)N(CCNC(=O)OC(C)(C)C)C(=O)OC(C)(C)C)cc1. The Bertz CT molecular complexity index is 958. The van der Waals surface area contributed by atoms with Crippen LogP contribution in [0.2, 0.25) is 0 Å². The third-order valence-electron chi connectivity index (χ3n) is 4.93. The fourth-order valence-electron chi connectivity index (χ4n) is 3.36. The van der Waals surface area contributed by atoms with E-state index in [9.17, 15) is 9.59 Å². The normalized spacial score (nSPS) is 12.5. The fraction of sp³-hybridized carbons (Fsp3) is 0.481. The van der Waals surface area contributed by atoms with Crippen LogP contribution in [0.4, 0.5) is 9.59 Å². The van der Waals surface area contributed by atoms with E-state index in [1.807, 2.05) is 76.2 Å². The van der Waals surface area contributed by atoms with E-state index in [2.05, 4.69) is 5.32 Å². The zero-order valence-electron chi connectivity index (χ0n) is 21.6. The van der Waals surface area contributed by atoms with Crippen molar-refractivity contribution in [3.05, 3.63) is 54.1 Å². The molecule has 0 aliphatic carbocycles. The Morgan fingerprint density at radius 1 is 0.912 bits per heavy atom. The van der Waals surface area contributed by atoms with Gasteiger partial charge in [-0.1, -0.05) is 42.5 Å². The van der Waals surface area contributed by atoms with Crippen molar-refractivity contribution in [2.45, 2.75) is 65.7 Å². The molecule has 1 N–H and O–H groups in total. The van der Waals surface area contributed by atoms with Gasteiger partial charge in [-0.25, -0.2) is 9.59 Å². The topological polar surface area (TPSA) is 77.1 Å². The molecule has 0 bridgehead atoms. The molecule has 2 aromatic carbocycles. The van der Waals surface area contributed by atoms with Gasteiger partial charge in [-0.2, -0.15) is 0 Å². The lowest BCUT2D eigenvalue weighted by Gasteiger charge is -2.32. The van der Waals surface area contributed by atoms with E-state index in [1.165, 1.54) is 0 Å². The van der Waals surface area contributed by atoms with Crippen molar-refractivity contribution in [1.29, 1.82) is 0 Å². The molecule has 0 spiro atoms. The Morgan fingerprint density at radius 2 is 1.50 bits per heavy atom. The van der Waals surface area contributed by atoms with Crippen LogP contribution >= 0.6 is 0 Å². The van der Waals surface area contributed by atoms with Gasteiger partial charge >= 0.3 is 12.2 Å². The Balaban J connectivity index is 2.19. The lowest BCUT2D eigenvalue weighted by molar-refractivity contribution is 0.0165. The standard InChI is InChI=1S/C27H38N2O5/c1-19(20-13-15-21(16-14-20)22-11-9-10-12-23(22)32-8)29(25(31)34-27(5,6)7)18-17-28-24(30)33-26(2,3)4/h9-16,19H,17-18H2,1-8H3,(H,28,30). The Morgan fingerprint density at radius 3 is 2.06 bits per heavy atom. The fourth-order valence-corrected chi connectivity index (χ4v) is 3.36. The highest BCUT2D eigenvalue weighted by Crippen LogP contribution is 2.31. The van der Waals surface area contributed by atoms with E-state index in [-0.39, 0.29) is 19.1 Å². The van der Waals surface area contributed by atoms with Crippen LogP contribution in [0.5, 0.6) is 5.75 Å². The molecule has 1 unspecified atom stereocenters. The lowest BCUT2D eigenvalue weighted by atomic mass is 10.00. The van der Waals surface area contributed by atoms with Gasteiger partial charge in [0.25, 0.3) is 0 Å². The van der Waals surface area contributed by atoms with Crippen molar-refractivity contribution in [3.63, 3.8) is 0 Å². The number of para-hydroxylation sites is 1. The number of hydrogen-bond donors (Lipinski definition) is 1. The molecule has 0 fully saturated rings. The average molecular weight is 471 g/mol. The molecule has 7 nitrogen and oxygen atoms in total. The maximum atomic E-state index is 13.0. The predicted octanol–water partition coefficient (Wildman–Crippen LogP) is 6.19. The number of methoxy groups -OCH3 is 1. The molecule has 0 heterocycles. The first-order valence-electron chi connectivity index (χ1n) is 11.5. The number of rotatable bonds is 7. The Labute approximate surface area is 203 Å². The number of ether oxygens (including phenoxy) is 3. The highest BCUT2D eigenvalue weighted by Gasteiger charge is 2.27. The summed E-state index contributed by atoms with van der Waals surface area (Å²) in [5.41, 5.74) is 1.73. The van der Waals surface area contributed by atoms with Gasteiger partial charge in [0.2, 0.25) is 0 Å². The second-order valence-corrected chi connectivity index (χ2v) is 10.1. The molecule has 0 radical (unpaired) electrons. The number of benzene rings is 2. The van der Waals surface area contributed by atoms with Crippen molar-refractivity contribution >= 4 is 12.2 Å². The summed E-state index contributed by atoms with van der Waals surface area (Å²) in [5.74, 6) is 0.798. The van der Waals surface area contributed by atoms with Crippen molar-refractivity contribution < 1.29 is 23.8 Å². The number of carbonyl (C=O) groups excluding carboxylic acids is 2. The number of carbonyl (C=O) groups is 2. The van der Waals surface area contributed by atoms with Gasteiger partial charge in [0.1, 0.15) is 17.0 Å². The molecular formula is C27H38N2O5. The van der Waals surface area contributed by atoms with Gasteiger partial charge < -0.3 is 19.5 Å². The molecule has 2 amide bonds. The summed E-state index contributed by atoms with van der Waals surface area (Å²) in [6.07, 6.45) is -0.967. The highest BCUT2D eigenvalue weighted by molar-refractivity contribution is 5.72. The number of nitrogens with one attached hydrogen (secondary N) is 1. The molecule has 186 valence electrons. The van der Waals surface area contributed by atoms with Gasteiger partial charge in [-0.15, -0.1) is 0 Å². The second kappa shape index (κ2) is 11.3. The third kappa shape index (κ3) is 8.28. The largest absolute Gasteiger partial charge is 0.496 e. The minimum absolute atomic E-state index is 0.234. The predicted molar refractivity (Wildman–Crippen MR) is 134 cm³/mol. The summed E-state index contributed by atoms with van der Waals surface area (Å²) in [5, 5.41) is 2.71. The van der Waals surface area contributed by atoms with Crippen LogP contribution in [0.15, 0.2) is 48.5 Å². The number of alkyl carbamates (subject to hydrolysis) is 1. The molecule has 7 heteroatoms. The van der Waals surface area contributed by atoms with Gasteiger partial charge in [0.05, 0.1) is 13.2 Å². The van der Waals surface area contributed by atoms with Crippen LogP contribution in [0, 0.1) is 0 Å². The van der Waals surface area contributed by atoms with Crippen LogP contribution < -0.4 is 10.1 Å². The summed E-state index contributed by atoms with van der Waals surface area (Å²) >= 11 is 0. The molecule has 34 heavy (non-hydrogen) atoms. The van der Waals surface area contributed by atoms with E-state index < -0.39 is 23.4 Å². The quantitative estimate of drug-likeness (QED) is 0.522. The van der Waals surface area contributed by atoms with Gasteiger partial charge in [0, 0.05) is 18.7 Å². The van der Waals surface area contributed by atoms with Crippen molar-refractivity contribution in [2.75, 3.05) is 20.2 Å². The molecule has 0 saturated carbocycles. The van der Waals surface area contributed by atoms with Gasteiger partial charge in [-0.3, -0.25) is 4.90 Å². The highest BCUT2D eigenvalue weighted by atomic mass is 16.6. The first-order valence-corrected chi connectivity index (χ1v) is 11.5. The van der Waals surface area contributed by atoms with E-state index in [1.54, 1.807) is 32.8 Å². The maximum Gasteiger partial charge on any atom is 0.410 e. The molecular weight excluding hydrogens is 432 g/mol. The zero-order chi connectivity index (χ0) is 25.5. The van der Waals surface area contributed by atoms with E-state index in [4.69, 9.17) is 14.2 Å². The molecule has 2 rings (SSSR count). The minimum Gasteiger partial charge on any atom is -0.496 e. The lowest BCUT2D eigenvalue weighted by Crippen LogP contribution is -2.43. The second-order valence-electron chi connectivity index (χ2n) is 10.1. The van der Waals surface area contributed by atoms with Crippen LogP contribution in [0.25, 0.3) is 11.1 Å². The number of amides is 2. The summed E-state index contributed by atoms with van der Waals surface area (Å²) in [6.45, 7) is 13.3. The van der Waals surface area contributed by atoms with Crippen molar-refractivity contribution in [3.8, 4) is 16.9 Å². The first-order chi connectivity index (χ1) is 15.8. The van der Waals surface area contributed by atoms with Crippen LogP contribution in [-0.2, 0) is 9.47 Å². The first kappa shape index (κ1) is 27.0. The van der Waals surface area contributed by atoms with E-state index in [0.29, 0.717) is 0 Å². The van der Waals surface area contributed by atoms with Gasteiger partial charge in [0.15, 0.2) is 0 Å². The Hall–Kier alpha value is -3.22. The number of hydrogen-bond acceptors (Lipinski definition) is 5. The summed E-state index contributed by atoms with van der Waals surface area (Å²) in [4.78, 5) is 26.6. The van der Waals surface area contributed by atoms with E-state index in [0.717, 1.165) is 22.4 Å². The molecule has 0 aromatic heterocycles. The van der Waals surface area contributed by atoms with Crippen molar-refractivity contribution in [1.82, 2.24) is 10.2 Å². The zero-order valence-corrected chi connectivity index (χ0v) is 21.6. The van der Waals surface area contributed by atoms with Crippen molar-refractivity contribution in [2.24, 2.45) is 0 Å². The van der Waals surface area contributed by atoms with Crippen LogP contribution in [-0.4, -0.2) is 48.5 Å². The number of nitrogens with zero attached hydrogens (tertiary/aromatic N) is 1. The monoisotopic (exact) mass is 470 g/mol. The van der Waals surface area contributed by atoms with Gasteiger partial charge in [-0.05, 0) is 65.7 Å². The molecule has 0 saturated heterocycles. The Kier molecular flexibility index (Phi) is 8.96. The molecule has 1 atom stereocenters. The molecule has 2 aromatic rings. The smallest absolute Gasteiger partial charge is 0.410 e. The third-order valence-corrected chi connectivity index (χ3v) is 4.93. The summed E-state index contributed by atoms with van der Waals surface area (Å²) in [7, 11) is 1.65. The van der Waals surface area contributed by atoms with E-state index >= 15 is 0 Å². The average Bonchev–Trinajstić information content (AvgIpc) is 2.74. The summed E-state index contributed by atoms with van der Waals surface area (Å²) < 4.78 is 16.4. The van der Waals surface area contributed by atoms with Crippen LogP contribution in [0.3, 0.4) is 0 Å². The summed E-state index contributed by atoms with van der Waals surface area (Å²) in [6, 6.07) is 15.6. The minimum atomic E-state index is -0.638. The maximum absolute atomic E-state index is 13.0.